The fraction of sp³-hybridized carbons (Fsp3) is 0.292. The Morgan fingerprint density at radius 1 is 1.30 bits per heavy atom. The highest BCUT2D eigenvalue weighted by atomic mass is 79.9. The molecule has 1 aliphatic heterocycles. The number of nitrogens with one attached hydrogen (secondary N) is 2. The zero-order valence-electron chi connectivity index (χ0n) is 18.7. The number of halogens is 2. The number of benzene rings is 2. The topological polar surface area (TPSA) is 79.4 Å². The lowest BCUT2D eigenvalue weighted by molar-refractivity contribution is 0.102. The van der Waals surface area contributed by atoms with E-state index in [0.717, 1.165) is 18.8 Å². The van der Waals surface area contributed by atoms with Crippen LogP contribution in [0.3, 0.4) is 0 Å². The Hall–Kier alpha value is -2.68. The Labute approximate surface area is 206 Å². The molecule has 1 atom stereocenters. The number of ether oxygens (including phenoxy) is 1. The highest BCUT2D eigenvalue weighted by molar-refractivity contribution is 9.10. The molecule has 3 aromatic rings. The predicted molar refractivity (Wildman–Crippen MR) is 135 cm³/mol. The minimum absolute atomic E-state index is 0.163. The number of anilines is 3. The third-order valence-electron chi connectivity index (χ3n) is 5.75. The lowest BCUT2D eigenvalue weighted by Gasteiger charge is -2.16. The summed E-state index contributed by atoms with van der Waals surface area (Å²) >= 11 is 9.60. The third kappa shape index (κ3) is 5.29. The minimum atomic E-state index is -0.422. The smallest absolute Gasteiger partial charge is 0.262 e. The Morgan fingerprint density at radius 3 is 2.79 bits per heavy atom. The number of hydrogen-bond acceptors (Lipinski definition) is 6. The Bertz CT molecular complexity index is 1170. The second-order valence-corrected chi connectivity index (χ2v) is 9.37. The zero-order chi connectivity index (χ0) is 23.5. The van der Waals surface area contributed by atoms with Gasteiger partial charge in [0.05, 0.1) is 17.8 Å². The molecule has 7 nitrogen and oxygen atoms in total. The van der Waals surface area contributed by atoms with Crippen LogP contribution in [0.2, 0.25) is 5.02 Å². The van der Waals surface area contributed by atoms with Crippen LogP contribution in [0.15, 0.2) is 47.1 Å². The number of aromatic nitrogens is 2. The molecule has 172 valence electrons. The first-order chi connectivity index (χ1) is 15.9. The number of carbonyl (C=O) groups excluding carboxylic acids is 1. The van der Waals surface area contributed by atoms with E-state index in [1.54, 1.807) is 18.2 Å². The summed E-state index contributed by atoms with van der Waals surface area (Å²) in [6, 6.07) is 11.6. The van der Waals surface area contributed by atoms with Gasteiger partial charge >= 0.3 is 0 Å². The lowest BCUT2D eigenvalue weighted by Crippen LogP contribution is -2.15. The van der Waals surface area contributed by atoms with E-state index >= 15 is 0 Å². The van der Waals surface area contributed by atoms with Crippen molar-refractivity contribution in [1.29, 1.82) is 0 Å². The standard InChI is InChI=1S/C24H25BrClN5O2/c1-14-11-16(7-8-17(14)15-9-10-31(2)13-15)28-24-27-12-18(23(30-24)33-3)22(32)29-21-19(25)5-4-6-20(21)26/h4-8,11-12,15H,9-10,13H2,1-3H3,(H,29,32)(H,27,28,30)/t15-/m0/s1. The SMILES string of the molecule is COc1nc(Nc2ccc([C@H]3CCN(C)C3)c(C)c2)ncc1C(=O)Nc1c(Cl)cccc1Br. The second kappa shape index (κ2) is 10.1. The van der Waals surface area contributed by atoms with Crippen molar-refractivity contribution < 1.29 is 9.53 Å². The predicted octanol–water partition coefficient (Wildman–Crippen LogP) is 5.62. The summed E-state index contributed by atoms with van der Waals surface area (Å²) in [7, 11) is 3.62. The maximum Gasteiger partial charge on any atom is 0.262 e. The summed E-state index contributed by atoms with van der Waals surface area (Å²) in [5.41, 5.74) is 4.15. The van der Waals surface area contributed by atoms with Gasteiger partial charge in [0.1, 0.15) is 5.56 Å². The van der Waals surface area contributed by atoms with Gasteiger partial charge in [-0.1, -0.05) is 23.7 Å². The highest BCUT2D eigenvalue weighted by Gasteiger charge is 2.23. The van der Waals surface area contributed by atoms with Crippen molar-refractivity contribution in [1.82, 2.24) is 14.9 Å². The van der Waals surface area contributed by atoms with Crippen LogP contribution in [-0.4, -0.2) is 48.0 Å². The average molecular weight is 531 g/mol. The minimum Gasteiger partial charge on any atom is -0.480 e. The van der Waals surface area contributed by atoms with Gasteiger partial charge in [-0.3, -0.25) is 4.79 Å². The Kier molecular flexibility index (Phi) is 7.17. The van der Waals surface area contributed by atoms with Gasteiger partial charge in [-0.2, -0.15) is 4.98 Å². The lowest BCUT2D eigenvalue weighted by atomic mass is 9.94. The molecule has 1 aromatic heterocycles. The van der Waals surface area contributed by atoms with Crippen LogP contribution in [-0.2, 0) is 0 Å². The molecule has 1 amide bonds. The number of aryl methyl sites for hydroxylation is 1. The number of rotatable bonds is 6. The van der Waals surface area contributed by atoms with Crippen LogP contribution < -0.4 is 15.4 Å². The molecule has 0 radical (unpaired) electrons. The number of methoxy groups -OCH3 is 1. The van der Waals surface area contributed by atoms with E-state index in [2.05, 4.69) is 67.5 Å². The number of likely N-dealkylation sites (tertiary alicyclic amines) is 1. The summed E-state index contributed by atoms with van der Waals surface area (Å²) in [5.74, 6) is 0.649. The van der Waals surface area contributed by atoms with Crippen LogP contribution in [0, 0.1) is 6.92 Å². The van der Waals surface area contributed by atoms with Crippen molar-refractivity contribution in [2.45, 2.75) is 19.3 Å². The molecule has 0 unspecified atom stereocenters. The monoisotopic (exact) mass is 529 g/mol. The molecule has 33 heavy (non-hydrogen) atoms. The summed E-state index contributed by atoms with van der Waals surface area (Å²) in [6.45, 7) is 4.34. The second-order valence-electron chi connectivity index (χ2n) is 8.11. The molecule has 4 rings (SSSR count). The fourth-order valence-electron chi connectivity index (χ4n) is 4.07. The van der Waals surface area contributed by atoms with E-state index in [-0.39, 0.29) is 11.4 Å². The van der Waals surface area contributed by atoms with E-state index < -0.39 is 5.91 Å². The number of amides is 1. The van der Waals surface area contributed by atoms with Crippen molar-refractivity contribution in [3.05, 3.63) is 68.8 Å². The summed E-state index contributed by atoms with van der Waals surface area (Å²) in [6.07, 6.45) is 2.61. The van der Waals surface area contributed by atoms with Crippen molar-refractivity contribution in [3.8, 4) is 5.88 Å². The molecule has 2 N–H and O–H groups in total. The van der Waals surface area contributed by atoms with Crippen LogP contribution in [0.1, 0.15) is 33.8 Å². The van der Waals surface area contributed by atoms with Gasteiger partial charge < -0.3 is 20.3 Å². The van der Waals surface area contributed by atoms with Crippen molar-refractivity contribution in [2.24, 2.45) is 0 Å². The molecule has 1 saturated heterocycles. The van der Waals surface area contributed by atoms with E-state index in [1.807, 2.05) is 6.07 Å². The first-order valence-corrected chi connectivity index (χ1v) is 11.8. The van der Waals surface area contributed by atoms with Crippen molar-refractivity contribution in [2.75, 3.05) is 37.9 Å². The largest absolute Gasteiger partial charge is 0.480 e. The maximum atomic E-state index is 12.8. The quantitative estimate of drug-likeness (QED) is 0.430. The Morgan fingerprint density at radius 2 is 2.12 bits per heavy atom. The van der Waals surface area contributed by atoms with Crippen LogP contribution in [0.25, 0.3) is 0 Å². The van der Waals surface area contributed by atoms with E-state index in [1.165, 1.54) is 30.9 Å². The summed E-state index contributed by atoms with van der Waals surface area (Å²) in [4.78, 5) is 23.9. The van der Waals surface area contributed by atoms with E-state index in [0.29, 0.717) is 27.0 Å². The zero-order valence-corrected chi connectivity index (χ0v) is 21.0. The van der Waals surface area contributed by atoms with Crippen LogP contribution in [0.5, 0.6) is 5.88 Å². The molecular weight excluding hydrogens is 506 g/mol. The van der Waals surface area contributed by atoms with E-state index in [4.69, 9.17) is 16.3 Å². The van der Waals surface area contributed by atoms with Gasteiger partial charge in [0.25, 0.3) is 5.91 Å². The van der Waals surface area contributed by atoms with E-state index in [9.17, 15) is 4.79 Å². The normalized spacial score (nSPS) is 16.0. The molecule has 0 aliphatic carbocycles. The average Bonchev–Trinajstić information content (AvgIpc) is 3.22. The summed E-state index contributed by atoms with van der Waals surface area (Å²) in [5, 5.41) is 6.40. The van der Waals surface area contributed by atoms with Gasteiger partial charge in [0.2, 0.25) is 11.8 Å². The molecule has 0 bridgehead atoms. The molecule has 2 aromatic carbocycles. The molecule has 1 fully saturated rings. The molecular formula is C24H25BrClN5O2. The maximum absolute atomic E-state index is 12.8. The van der Waals surface area contributed by atoms with Gasteiger partial charge in [0.15, 0.2) is 0 Å². The van der Waals surface area contributed by atoms with Gasteiger partial charge in [-0.05, 0) is 84.2 Å². The molecule has 1 aliphatic rings. The van der Waals surface area contributed by atoms with Crippen LogP contribution in [0.4, 0.5) is 17.3 Å². The van der Waals surface area contributed by atoms with Crippen LogP contribution >= 0.6 is 27.5 Å². The first kappa shape index (κ1) is 23.5. The molecule has 0 spiro atoms. The highest BCUT2D eigenvalue weighted by Crippen LogP contribution is 2.32. The summed E-state index contributed by atoms with van der Waals surface area (Å²) < 4.78 is 6.03. The van der Waals surface area contributed by atoms with Gasteiger partial charge in [-0.15, -0.1) is 0 Å². The number of carbonyl (C=O) groups is 1. The van der Waals surface area contributed by atoms with Gasteiger partial charge in [-0.25, -0.2) is 4.98 Å². The fourth-order valence-corrected chi connectivity index (χ4v) is 4.87. The first-order valence-electron chi connectivity index (χ1n) is 10.6. The number of hydrogen-bond donors (Lipinski definition) is 2. The third-order valence-corrected chi connectivity index (χ3v) is 6.73. The Balaban J connectivity index is 1.51. The van der Waals surface area contributed by atoms with Gasteiger partial charge in [0, 0.05) is 22.9 Å². The number of likely N-dealkylation sites (N-methyl/N-ethyl adjacent to an activating group) is 1. The van der Waals surface area contributed by atoms with Crippen molar-refractivity contribution >= 4 is 50.8 Å². The number of para-hydroxylation sites is 1. The molecule has 0 saturated carbocycles. The molecule has 2 heterocycles. The molecule has 9 heteroatoms. The number of nitrogens with zero attached hydrogens (tertiary/aromatic N) is 3. The van der Waals surface area contributed by atoms with Crippen molar-refractivity contribution in [3.63, 3.8) is 0 Å².